The van der Waals surface area contributed by atoms with Gasteiger partial charge in [-0.15, -0.1) is 0 Å². The smallest absolute Gasteiger partial charge is 0.176 e. The average molecular weight is 261 g/mol. The normalized spacial score (nSPS) is 11.9. The van der Waals surface area contributed by atoms with E-state index in [1.807, 2.05) is 19.2 Å². The summed E-state index contributed by atoms with van der Waals surface area (Å²) in [4.78, 5) is 14.3. The molecule has 0 fully saturated rings. The second-order valence-electron chi connectivity index (χ2n) is 6.60. The van der Waals surface area contributed by atoms with Crippen molar-refractivity contribution in [3.8, 4) is 0 Å². The highest BCUT2D eigenvalue weighted by molar-refractivity contribution is 5.97. The molecule has 1 aromatic carbocycles. The first kappa shape index (κ1) is 15.9. The summed E-state index contributed by atoms with van der Waals surface area (Å²) < 4.78 is 0. The van der Waals surface area contributed by atoms with Crippen molar-refractivity contribution in [1.82, 2.24) is 4.90 Å². The molecule has 0 bridgehead atoms. The van der Waals surface area contributed by atoms with Crippen LogP contribution in [0.25, 0.3) is 0 Å². The predicted octanol–water partition coefficient (Wildman–Crippen LogP) is 3.80. The van der Waals surface area contributed by atoms with Crippen LogP contribution in [-0.4, -0.2) is 30.8 Å². The van der Waals surface area contributed by atoms with Gasteiger partial charge in [-0.25, -0.2) is 0 Å². The summed E-state index contributed by atoms with van der Waals surface area (Å²) in [5.41, 5.74) is 2.35. The first-order chi connectivity index (χ1) is 8.81. The molecule has 19 heavy (non-hydrogen) atoms. The van der Waals surface area contributed by atoms with E-state index in [1.54, 1.807) is 0 Å². The molecule has 0 amide bonds. The monoisotopic (exact) mass is 261 g/mol. The number of rotatable bonds is 6. The number of aryl methyl sites for hydroxylation is 1. The molecular formula is C17H27NO. The highest BCUT2D eigenvalue weighted by Crippen LogP contribution is 2.14. The van der Waals surface area contributed by atoms with Gasteiger partial charge in [-0.3, -0.25) is 9.69 Å². The second kappa shape index (κ2) is 6.85. The molecule has 0 unspecified atom stereocenters. The molecule has 0 aliphatic carbocycles. The molecule has 0 saturated heterocycles. The van der Waals surface area contributed by atoms with E-state index >= 15 is 0 Å². The molecule has 0 spiro atoms. The van der Waals surface area contributed by atoms with Crippen molar-refractivity contribution in [3.63, 3.8) is 0 Å². The first-order valence-electron chi connectivity index (χ1n) is 7.12. The van der Waals surface area contributed by atoms with Gasteiger partial charge in [0.1, 0.15) is 0 Å². The Kier molecular flexibility index (Phi) is 5.74. The summed E-state index contributed by atoms with van der Waals surface area (Å²) in [5, 5.41) is 0. The molecule has 0 aliphatic rings. The van der Waals surface area contributed by atoms with Crippen molar-refractivity contribution in [2.24, 2.45) is 5.41 Å². The quantitative estimate of drug-likeness (QED) is 0.726. The molecule has 0 radical (unpaired) electrons. The first-order valence-corrected chi connectivity index (χ1v) is 7.12. The van der Waals surface area contributed by atoms with Crippen molar-refractivity contribution in [1.29, 1.82) is 0 Å². The maximum absolute atomic E-state index is 12.2. The number of nitrogens with zero attached hydrogens (tertiary/aromatic N) is 1. The van der Waals surface area contributed by atoms with E-state index in [2.05, 4.69) is 44.7 Å². The fourth-order valence-electron chi connectivity index (χ4n) is 2.35. The van der Waals surface area contributed by atoms with Gasteiger partial charge < -0.3 is 0 Å². The van der Waals surface area contributed by atoms with E-state index in [1.165, 1.54) is 5.56 Å². The number of likely N-dealkylation sites (N-methyl/N-ethyl adjacent to an activating group) is 1. The molecule has 0 atom stereocenters. The van der Waals surface area contributed by atoms with E-state index in [4.69, 9.17) is 0 Å². The summed E-state index contributed by atoms with van der Waals surface area (Å²) in [6.45, 7) is 10.1. The van der Waals surface area contributed by atoms with Gasteiger partial charge in [-0.1, -0.05) is 58.4 Å². The van der Waals surface area contributed by atoms with E-state index in [0.717, 1.165) is 24.9 Å². The highest BCUT2D eigenvalue weighted by Gasteiger charge is 2.16. The van der Waals surface area contributed by atoms with Crippen molar-refractivity contribution in [2.45, 2.75) is 40.5 Å². The third-order valence-electron chi connectivity index (χ3n) is 2.97. The predicted molar refractivity (Wildman–Crippen MR) is 81.7 cm³/mol. The second-order valence-corrected chi connectivity index (χ2v) is 6.60. The SMILES string of the molecule is CCCc1ccc(C(=O)CN(C)CC(C)(C)C)cc1. The van der Waals surface area contributed by atoms with E-state index in [-0.39, 0.29) is 11.2 Å². The Labute approximate surface area is 117 Å². The van der Waals surface area contributed by atoms with Gasteiger partial charge in [0.15, 0.2) is 5.78 Å². The summed E-state index contributed by atoms with van der Waals surface area (Å²) in [6.07, 6.45) is 2.22. The Morgan fingerprint density at radius 2 is 1.74 bits per heavy atom. The fourth-order valence-corrected chi connectivity index (χ4v) is 2.35. The number of hydrogen-bond acceptors (Lipinski definition) is 2. The number of Topliss-reactive ketones (excluding diaryl/α,β-unsaturated/α-hetero) is 1. The lowest BCUT2D eigenvalue weighted by Crippen LogP contribution is -2.33. The standard InChI is InChI=1S/C17H27NO/c1-6-7-14-8-10-15(11-9-14)16(19)12-18(5)13-17(2,3)4/h8-11H,6-7,12-13H2,1-5H3. The number of carbonyl (C=O) groups excluding carboxylic acids is 1. The summed E-state index contributed by atoms with van der Waals surface area (Å²) in [6, 6.07) is 8.05. The van der Waals surface area contributed by atoms with Crippen LogP contribution < -0.4 is 0 Å². The Balaban J connectivity index is 2.58. The molecule has 1 aromatic rings. The van der Waals surface area contributed by atoms with E-state index in [9.17, 15) is 4.79 Å². The zero-order valence-corrected chi connectivity index (χ0v) is 13.0. The van der Waals surface area contributed by atoms with Gasteiger partial charge in [-0.05, 0) is 24.4 Å². The Morgan fingerprint density at radius 3 is 2.21 bits per heavy atom. The van der Waals surface area contributed by atoms with Crippen LogP contribution in [0, 0.1) is 5.41 Å². The molecule has 2 nitrogen and oxygen atoms in total. The molecule has 1 rings (SSSR count). The van der Waals surface area contributed by atoms with Gasteiger partial charge in [-0.2, -0.15) is 0 Å². The minimum absolute atomic E-state index is 0.204. The number of benzene rings is 1. The maximum Gasteiger partial charge on any atom is 0.176 e. The van der Waals surface area contributed by atoms with Gasteiger partial charge in [0.2, 0.25) is 0 Å². The van der Waals surface area contributed by atoms with Gasteiger partial charge in [0, 0.05) is 12.1 Å². The van der Waals surface area contributed by atoms with Crippen molar-refractivity contribution in [3.05, 3.63) is 35.4 Å². The Morgan fingerprint density at radius 1 is 1.16 bits per heavy atom. The van der Waals surface area contributed by atoms with Crippen LogP contribution in [0.3, 0.4) is 0 Å². The molecule has 0 N–H and O–H groups in total. The largest absolute Gasteiger partial charge is 0.298 e. The maximum atomic E-state index is 12.2. The average Bonchev–Trinajstić information content (AvgIpc) is 2.27. The summed E-state index contributed by atoms with van der Waals surface area (Å²) in [5.74, 6) is 0.204. The van der Waals surface area contributed by atoms with Crippen molar-refractivity contribution >= 4 is 5.78 Å². The molecule has 106 valence electrons. The minimum atomic E-state index is 0.204. The van der Waals surface area contributed by atoms with Crippen molar-refractivity contribution < 1.29 is 4.79 Å². The summed E-state index contributed by atoms with van der Waals surface area (Å²) >= 11 is 0. The van der Waals surface area contributed by atoms with Crippen LogP contribution in [0.4, 0.5) is 0 Å². The lowest BCUT2D eigenvalue weighted by Gasteiger charge is -2.25. The molecule has 0 saturated carbocycles. The highest BCUT2D eigenvalue weighted by atomic mass is 16.1. The van der Waals surface area contributed by atoms with E-state index < -0.39 is 0 Å². The van der Waals surface area contributed by atoms with Gasteiger partial charge in [0.05, 0.1) is 6.54 Å². The molecule has 2 heteroatoms. The topological polar surface area (TPSA) is 20.3 Å². The minimum Gasteiger partial charge on any atom is -0.298 e. The third kappa shape index (κ3) is 6.02. The Hall–Kier alpha value is -1.15. The summed E-state index contributed by atoms with van der Waals surface area (Å²) in [7, 11) is 2.01. The molecular weight excluding hydrogens is 234 g/mol. The lowest BCUT2D eigenvalue weighted by molar-refractivity contribution is 0.0927. The zero-order chi connectivity index (χ0) is 14.5. The fraction of sp³-hybridized carbons (Fsp3) is 0.588. The molecule has 0 heterocycles. The van der Waals surface area contributed by atoms with Crippen LogP contribution in [0.1, 0.15) is 50.0 Å². The van der Waals surface area contributed by atoms with Crippen LogP contribution in [0.15, 0.2) is 24.3 Å². The number of hydrogen-bond donors (Lipinski definition) is 0. The number of carbonyl (C=O) groups is 1. The van der Waals surface area contributed by atoms with Crippen LogP contribution in [-0.2, 0) is 6.42 Å². The third-order valence-corrected chi connectivity index (χ3v) is 2.97. The van der Waals surface area contributed by atoms with Gasteiger partial charge >= 0.3 is 0 Å². The molecule has 0 aliphatic heterocycles. The van der Waals surface area contributed by atoms with E-state index in [0.29, 0.717) is 6.54 Å². The zero-order valence-electron chi connectivity index (χ0n) is 13.0. The van der Waals surface area contributed by atoms with Gasteiger partial charge in [0.25, 0.3) is 0 Å². The van der Waals surface area contributed by atoms with Crippen LogP contribution in [0.5, 0.6) is 0 Å². The van der Waals surface area contributed by atoms with Crippen molar-refractivity contribution in [2.75, 3.05) is 20.1 Å². The lowest BCUT2D eigenvalue weighted by atomic mass is 9.96. The number of ketones is 1. The molecule has 0 aromatic heterocycles. The van der Waals surface area contributed by atoms with Crippen LogP contribution >= 0.6 is 0 Å². The van der Waals surface area contributed by atoms with Crippen LogP contribution in [0.2, 0.25) is 0 Å². The Bertz CT molecular complexity index is 400.